The van der Waals surface area contributed by atoms with E-state index in [4.69, 9.17) is 5.73 Å². The van der Waals surface area contributed by atoms with Gasteiger partial charge in [-0.25, -0.2) is 4.98 Å². The highest BCUT2D eigenvalue weighted by Gasteiger charge is 2.25. The predicted octanol–water partition coefficient (Wildman–Crippen LogP) is 1.93. The van der Waals surface area contributed by atoms with Gasteiger partial charge in [0.25, 0.3) is 0 Å². The Morgan fingerprint density at radius 1 is 1.28 bits per heavy atom. The lowest BCUT2D eigenvalue weighted by Crippen LogP contribution is -2.24. The first kappa shape index (κ1) is 16.9. The third-order valence-corrected chi connectivity index (χ3v) is 5.07. The zero-order valence-electron chi connectivity index (χ0n) is 13.5. The molecule has 3 rings (SSSR count). The lowest BCUT2D eigenvalue weighted by molar-refractivity contribution is -0.605. The number of aromatic nitrogens is 2. The molecule has 1 fully saturated rings. The molecule has 1 saturated heterocycles. The van der Waals surface area contributed by atoms with Gasteiger partial charge in [0, 0.05) is 30.5 Å². The van der Waals surface area contributed by atoms with Crippen LogP contribution >= 0.6 is 11.8 Å². The molecule has 0 aliphatic carbocycles. The fraction of sp³-hybridized carbons (Fsp3) is 0.294. The average molecular weight is 352 g/mol. The maximum Gasteiger partial charge on any atom is 0.184 e. The van der Waals surface area contributed by atoms with Crippen LogP contribution in [-0.4, -0.2) is 18.1 Å². The summed E-state index contributed by atoms with van der Waals surface area (Å²) < 4.78 is 0.733. The summed E-state index contributed by atoms with van der Waals surface area (Å²) in [6.07, 6.45) is 4.94. The van der Waals surface area contributed by atoms with Gasteiger partial charge in [-0.15, -0.1) is 0 Å². The van der Waals surface area contributed by atoms with Gasteiger partial charge in [0.15, 0.2) is 12.4 Å². The molecular formula is C17H16N6OS. The van der Waals surface area contributed by atoms with E-state index < -0.39 is 0 Å². The number of anilines is 2. The summed E-state index contributed by atoms with van der Waals surface area (Å²) >= 11 is 1.34. The van der Waals surface area contributed by atoms with Gasteiger partial charge in [-0.2, -0.15) is 15.3 Å². The van der Waals surface area contributed by atoms with Gasteiger partial charge < -0.3 is 15.8 Å². The van der Waals surface area contributed by atoms with Crippen molar-refractivity contribution in [1.29, 1.82) is 10.5 Å². The van der Waals surface area contributed by atoms with Crippen molar-refractivity contribution in [3.63, 3.8) is 0 Å². The van der Waals surface area contributed by atoms with Crippen molar-refractivity contribution in [2.45, 2.75) is 23.6 Å². The molecule has 0 spiro atoms. The zero-order chi connectivity index (χ0) is 17.8. The Bertz CT molecular complexity index is 880. The van der Waals surface area contributed by atoms with E-state index in [0.29, 0.717) is 22.0 Å². The first-order chi connectivity index (χ1) is 12.1. The van der Waals surface area contributed by atoms with E-state index >= 15 is 0 Å². The molecule has 1 aliphatic heterocycles. The van der Waals surface area contributed by atoms with E-state index in [1.807, 2.05) is 11.0 Å². The molecule has 0 atom stereocenters. The molecule has 2 N–H and O–H groups in total. The van der Waals surface area contributed by atoms with Crippen LogP contribution in [0.25, 0.3) is 0 Å². The number of hydrogen-bond acceptors (Lipinski definition) is 7. The molecule has 3 heterocycles. The number of thioether (sulfide) groups is 1. The van der Waals surface area contributed by atoms with Gasteiger partial charge >= 0.3 is 0 Å². The Balaban J connectivity index is 1.99. The van der Waals surface area contributed by atoms with Crippen molar-refractivity contribution < 1.29 is 4.73 Å². The topological polar surface area (TPSA) is 117 Å². The summed E-state index contributed by atoms with van der Waals surface area (Å²) in [4.78, 5) is 6.30. The second-order valence-electron chi connectivity index (χ2n) is 5.68. The van der Waals surface area contributed by atoms with Crippen molar-refractivity contribution >= 4 is 23.3 Å². The van der Waals surface area contributed by atoms with Crippen LogP contribution in [0, 0.1) is 27.9 Å². The highest BCUT2D eigenvalue weighted by atomic mass is 32.2. The predicted molar refractivity (Wildman–Crippen MR) is 94.5 cm³/mol. The maximum atomic E-state index is 11.4. The van der Waals surface area contributed by atoms with E-state index in [2.05, 4.69) is 17.1 Å². The Labute approximate surface area is 149 Å². The third kappa shape index (κ3) is 3.44. The first-order valence-electron chi connectivity index (χ1n) is 7.83. The number of rotatable bonds is 4. The Hall–Kier alpha value is -2.97. The van der Waals surface area contributed by atoms with Gasteiger partial charge in [-0.05, 0) is 18.9 Å². The summed E-state index contributed by atoms with van der Waals surface area (Å²) in [6, 6.07) is 7.79. The minimum Gasteiger partial charge on any atom is -0.619 e. The number of pyridine rings is 2. The quantitative estimate of drug-likeness (QED) is 0.507. The Kier molecular flexibility index (Phi) is 4.92. The van der Waals surface area contributed by atoms with Crippen molar-refractivity contribution in [2.75, 3.05) is 23.7 Å². The van der Waals surface area contributed by atoms with Crippen molar-refractivity contribution in [1.82, 2.24) is 4.98 Å². The van der Waals surface area contributed by atoms with Crippen LogP contribution in [0.3, 0.4) is 0 Å². The van der Waals surface area contributed by atoms with Crippen molar-refractivity contribution in [3.05, 3.63) is 46.4 Å². The summed E-state index contributed by atoms with van der Waals surface area (Å²) in [7, 11) is 0. The van der Waals surface area contributed by atoms with Gasteiger partial charge in [0.05, 0.1) is 5.69 Å². The first-order valence-corrected chi connectivity index (χ1v) is 8.81. The molecule has 0 bridgehead atoms. The Morgan fingerprint density at radius 3 is 2.64 bits per heavy atom. The summed E-state index contributed by atoms with van der Waals surface area (Å²) in [5.74, 6) is 0.619. The second-order valence-corrected chi connectivity index (χ2v) is 6.64. The molecule has 0 aromatic carbocycles. The number of nitrogens with two attached hydrogens (primary N) is 1. The largest absolute Gasteiger partial charge is 0.619 e. The average Bonchev–Trinajstić information content (AvgIpc) is 3.13. The van der Waals surface area contributed by atoms with Gasteiger partial charge in [0.2, 0.25) is 0 Å². The molecule has 0 amide bonds. The van der Waals surface area contributed by atoms with Crippen LogP contribution in [-0.2, 0) is 5.75 Å². The van der Waals surface area contributed by atoms with E-state index in [0.717, 1.165) is 36.2 Å². The van der Waals surface area contributed by atoms with Crippen LogP contribution in [0.1, 0.15) is 29.5 Å². The molecule has 25 heavy (non-hydrogen) atoms. The van der Waals surface area contributed by atoms with E-state index in [9.17, 15) is 15.7 Å². The van der Waals surface area contributed by atoms with Gasteiger partial charge in [-0.1, -0.05) is 11.8 Å². The molecule has 126 valence electrons. The van der Waals surface area contributed by atoms with Crippen LogP contribution in [0.4, 0.5) is 11.5 Å². The zero-order valence-corrected chi connectivity index (χ0v) is 14.3. The molecule has 0 radical (unpaired) electrons. The fourth-order valence-corrected chi connectivity index (χ4v) is 3.80. The smallest absolute Gasteiger partial charge is 0.184 e. The maximum absolute atomic E-state index is 11.4. The number of nitriles is 2. The molecular weight excluding hydrogens is 336 g/mol. The van der Waals surface area contributed by atoms with Crippen LogP contribution in [0.2, 0.25) is 0 Å². The number of nitrogens with zero attached hydrogens (tertiary/aromatic N) is 5. The molecule has 2 aromatic heterocycles. The van der Waals surface area contributed by atoms with Gasteiger partial charge in [-0.3, -0.25) is 0 Å². The SMILES string of the molecule is N#Cc1c(N)nc(SCc2ccc[n+]([O-])c2)c(C#N)c1N1CCCC1. The number of nitrogen functional groups attached to an aromatic ring is 1. The fourth-order valence-electron chi connectivity index (χ4n) is 2.88. The molecule has 2 aromatic rings. The summed E-state index contributed by atoms with van der Waals surface area (Å²) in [6.45, 7) is 1.59. The number of hydrogen-bond donors (Lipinski definition) is 1. The second kappa shape index (κ2) is 7.29. The van der Waals surface area contributed by atoms with Crippen LogP contribution < -0.4 is 15.4 Å². The monoisotopic (exact) mass is 352 g/mol. The van der Waals surface area contributed by atoms with Crippen molar-refractivity contribution in [2.24, 2.45) is 0 Å². The minimum atomic E-state index is 0.137. The van der Waals surface area contributed by atoms with Crippen molar-refractivity contribution in [3.8, 4) is 12.1 Å². The van der Waals surface area contributed by atoms with Crippen LogP contribution in [0.15, 0.2) is 29.6 Å². The summed E-state index contributed by atoms with van der Waals surface area (Å²) in [5, 5.41) is 31.0. The molecule has 7 nitrogen and oxygen atoms in total. The molecule has 8 heteroatoms. The lowest BCUT2D eigenvalue weighted by Gasteiger charge is -2.22. The van der Waals surface area contributed by atoms with Crippen LogP contribution in [0.5, 0.6) is 0 Å². The van der Waals surface area contributed by atoms with E-state index in [-0.39, 0.29) is 11.4 Å². The molecule has 0 unspecified atom stereocenters. The Morgan fingerprint density at radius 2 is 2.00 bits per heavy atom. The third-order valence-electron chi connectivity index (χ3n) is 4.02. The molecule has 0 saturated carbocycles. The minimum absolute atomic E-state index is 0.137. The lowest BCUT2D eigenvalue weighted by atomic mass is 10.1. The highest BCUT2D eigenvalue weighted by molar-refractivity contribution is 7.98. The van der Waals surface area contributed by atoms with Gasteiger partial charge in [0.1, 0.15) is 34.1 Å². The normalized spacial score (nSPS) is 13.4. The van der Waals surface area contributed by atoms with E-state index in [1.54, 1.807) is 6.07 Å². The summed E-state index contributed by atoms with van der Waals surface area (Å²) in [5.41, 5.74) is 8.03. The highest BCUT2D eigenvalue weighted by Crippen LogP contribution is 2.37. The molecule has 1 aliphatic rings. The standard InChI is InChI=1S/C17H16N6OS/c18-8-13-15(22-5-1-2-6-22)14(9-19)17(21-16(13)20)25-11-12-4-3-7-23(24)10-12/h3-4,7,10H,1-2,5-6,11H2,(H2,20,21). The van der Waals surface area contributed by atoms with E-state index in [1.165, 1.54) is 24.2 Å².